The molecule has 1 aromatic carbocycles. The standard InChI is InChI=1S/C8H6ClF4N/c9-4-1-2-6(10)5(3-4)7(14)8(11,12)13/h1-3,7H,14H2/t7-/m1/s1. The molecule has 0 aliphatic heterocycles. The number of halogens is 5. The van der Waals surface area contributed by atoms with E-state index in [9.17, 15) is 17.6 Å². The van der Waals surface area contributed by atoms with Gasteiger partial charge in [0.05, 0.1) is 0 Å². The molecule has 0 unspecified atom stereocenters. The largest absolute Gasteiger partial charge is 0.407 e. The molecule has 0 spiro atoms. The summed E-state index contributed by atoms with van der Waals surface area (Å²) in [6.07, 6.45) is -4.68. The van der Waals surface area contributed by atoms with Crippen LogP contribution in [0.1, 0.15) is 11.6 Å². The van der Waals surface area contributed by atoms with Crippen molar-refractivity contribution in [3.05, 3.63) is 34.6 Å². The summed E-state index contributed by atoms with van der Waals surface area (Å²) in [7, 11) is 0. The van der Waals surface area contributed by atoms with Gasteiger partial charge in [-0.1, -0.05) is 11.6 Å². The van der Waals surface area contributed by atoms with Gasteiger partial charge in [-0.15, -0.1) is 0 Å². The Morgan fingerprint density at radius 2 is 1.86 bits per heavy atom. The Kier molecular flexibility index (Phi) is 3.01. The molecule has 2 N–H and O–H groups in total. The van der Waals surface area contributed by atoms with Crippen molar-refractivity contribution in [1.29, 1.82) is 0 Å². The van der Waals surface area contributed by atoms with E-state index in [1.54, 1.807) is 0 Å². The first kappa shape index (κ1) is 11.3. The van der Waals surface area contributed by atoms with Gasteiger partial charge in [0.15, 0.2) is 0 Å². The highest BCUT2D eigenvalue weighted by Crippen LogP contribution is 2.32. The van der Waals surface area contributed by atoms with Crippen LogP contribution in [-0.2, 0) is 0 Å². The first-order chi connectivity index (χ1) is 6.32. The Morgan fingerprint density at radius 3 is 2.36 bits per heavy atom. The SMILES string of the molecule is N[C@H](c1cc(Cl)ccc1F)C(F)(F)F. The van der Waals surface area contributed by atoms with E-state index in [0.717, 1.165) is 18.2 Å². The van der Waals surface area contributed by atoms with Crippen LogP contribution >= 0.6 is 11.6 Å². The van der Waals surface area contributed by atoms with Gasteiger partial charge in [-0.3, -0.25) is 0 Å². The van der Waals surface area contributed by atoms with Gasteiger partial charge >= 0.3 is 6.18 Å². The van der Waals surface area contributed by atoms with Crippen LogP contribution in [0.3, 0.4) is 0 Å². The summed E-state index contributed by atoms with van der Waals surface area (Å²) in [5, 5.41) is 0.0149. The lowest BCUT2D eigenvalue weighted by atomic mass is 10.1. The van der Waals surface area contributed by atoms with E-state index < -0.39 is 23.6 Å². The molecule has 0 fully saturated rings. The second kappa shape index (κ2) is 3.74. The highest BCUT2D eigenvalue weighted by molar-refractivity contribution is 6.30. The van der Waals surface area contributed by atoms with E-state index in [1.807, 2.05) is 0 Å². The summed E-state index contributed by atoms with van der Waals surface area (Å²) in [5.74, 6) is -1.01. The number of hydrogen-bond donors (Lipinski definition) is 1. The predicted molar refractivity (Wildman–Crippen MR) is 44.4 cm³/mol. The first-order valence-corrected chi connectivity index (χ1v) is 3.97. The maximum Gasteiger partial charge on any atom is 0.407 e. The Labute approximate surface area is 82.5 Å². The van der Waals surface area contributed by atoms with Crippen LogP contribution in [0.4, 0.5) is 17.6 Å². The van der Waals surface area contributed by atoms with Gasteiger partial charge in [0.2, 0.25) is 0 Å². The van der Waals surface area contributed by atoms with Crippen molar-refractivity contribution in [2.75, 3.05) is 0 Å². The van der Waals surface area contributed by atoms with E-state index in [4.69, 9.17) is 17.3 Å². The second-order valence-electron chi connectivity index (χ2n) is 2.69. The number of rotatable bonds is 1. The van der Waals surface area contributed by atoms with Crippen molar-refractivity contribution in [3.8, 4) is 0 Å². The summed E-state index contributed by atoms with van der Waals surface area (Å²) < 4.78 is 49.2. The molecule has 14 heavy (non-hydrogen) atoms. The molecule has 0 aliphatic rings. The summed E-state index contributed by atoms with van der Waals surface area (Å²) in [5.41, 5.74) is 4.17. The Morgan fingerprint density at radius 1 is 1.29 bits per heavy atom. The van der Waals surface area contributed by atoms with Gasteiger partial charge in [0, 0.05) is 10.6 Å². The van der Waals surface area contributed by atoms with Crippen molar-refractivity contribution < 1.29 is 17.6 Å². The van der Waals surface area contributed by atoms with Crippen LogP contribution in [-0.4, -0.2) is 6.18 Å². The van der Waals surface area contributed by atoms with Gasteiger partial charge in [0.25, 0.3) is 0 Å². The molecular weight excluding hydrogens is 222 g/mol. The molecule has 0 saturated carbocycles. The van der Waals surface area contributed by atoms with Crippen molar-refractivity contribution >= 4 is 11.6 Å². The van der Waals surface area contributed by atoms with Crippen molar-refractivity contribution in [2.45, 2.75) is 12.2 Å². The first-order valence-electron chi connectivity index (χ1n) is 3.59. The fourth-order valence-electron chi connectivity index (χ4n) is 0.929. The van der Waals surface area contributed by atoms with Gasteiger partial charge in [0.1, 0.15) is 11.9 Å². The van der Waals surface area contributed by atoms with Crippen LogP contribution in [0.15, 0.2) is 18.2 Å². The molecule has 0 saturated heterocycles. The zero-order valence-corrected chi connectivity index (χ0v) is 7.53. The van der Waals surface area contributed by atoms with Gasteiger partial charge in [-0.25, -0.2) is 4.39 Å². The molecule has 78 valence electrons. The molecule has 1 rings (SSSR count). The van der Waals surface area contributed by atoms with Crippen LogP contribution < -0.4 is 5.73 Å². The monoisotopic (exact) mass is 227 g/mol. The van der Waals surface area contributed by atoms with Gasteiger partial charge < -0.3 is 5.73 Å². The summed E-state index contributed by atoms with van der Waals surface area (Å²) in [4.78, 5) is 0. The molecule has 0 radical (unpaired) electrons. The lowest BCUT2D eigenvalue weighted by Crippen LogP contribution is -2.29. The molecule has 0 amide bonds. The lowest BCUT2D eigenvalue weighted by molar-refractivity contribution is -0.149. The minimum absolute atomic E-state index is 0.0149. The van der Waals surface area contributed by atoms with Gasteiger partial charge in [-0.2, -0.15) is 13.2 Å². The van der Waals surface area contributed by atoms with E-state index in [1.165, 1.54) is 0 Å². The third-order valence-corrected chi connectivity index (χ3v) is 1.88. The average Bonchev–Trinajstić information content (AvgIpc) is 2.06. The smallest absolute Gasteiger partial charge is 0.316 e. The Balaban J connectivity index is 3.12. The third kappa shape index (κ3) is 2.36. The summed E-state index contributed by atoms with van der Waals surface area (Å²) in [6.45, 7) is 0. The molecule has 0 heterocycles. The number of alkyl halides is 3. The third-order valence-electron chi connectivity index (χ3n) is 1.65. The van der Waals surface area contributed by atoms with Crippen LogP contribution in [0.2, 0.25) is 5.02 Å². The molecule has 6 heteroatoms. The van der Waals surface area contributed by atoms with E-state index in [-0.39, 0.29) is 5.02 Å². The van der Waals surface area contributed by atoms with E-state index in [0.29, 0.717) is 0 Å². The number of benzene rings is 1. The normalized spacial score (nSPS) is 14.1. The highest BCUT2D eigenvalue weighted by atomic mass is 35.5. The molecule has 0 bridgehead atoms. The lowest BCUT2D eigenvalue weighted by Gasteiger charge is -2.16. The minimum Gasteiger partial charge on any atom is -0.316 e. The second-order valence-corrected chi connectivity index (χ2v) is 3.12. The van der Waals surface area contributed by atoms with E-state index >= 15 is 0 Å². The molecule has 1 atom stereocenters. The predicted octanol–water partition coefficient (Wildman–Crippen LogP) is 3.04. The Hall–Kier alpha value is -0.810. The average molecular weight is 228 g/mol. The molecule has 1 aromatic rings. The van der Waals surface area contributed by atoms with Crippen molar-refractivity contribution in [1.82, 2.24) is 0 Å². The van der Waals surface area contributed by atoms with E-state index in [2.05, 4.69) is 0 Å². The maximum absolute atomic E-state index is 12.9. The molecular formula is C8H6ClF4N. The zero-order chi connectivity index (χ0) is 10.9. The van der Waals surface area contributed by atoms with Crippen molar-refractivity contribution in [3.63, 3.8) is 0 Å². The zero-order valence-electron chi connectivity index (χ0n) is 6.78. The topological polar surface area (TPSA) is 26.0 Å². The molecule has 1 nitrogen and oxygen atoms in total. The minimum atomic E-state index is -4.68. The van der Waals surface area contributed by atoms with Gasteiger partial charge in [-0.05, 0) is 18.2 Å². The summed E-state index contributed by atoms with van der Waals surface area (Å²) >= 11 is 5.42. The number of nitrogens with two attached hydrogens (primary N) is 1. The highest BCUT2D eigenvalue weighted by Gasteiger charge is 2.39. The Bertz CT molecular complexity index is 337. The number of hydrogen-bond acceptors (Lipinski definition) is 1. The summed E-state index contributed by atoms with van der Waals surface area (Å²) in [6, 6.07) is 0.531. The molecule has 0 aromatic heterocycles. The fourth-order valence-corrected chi connectivity index (χ4v) is 1.11. The van der Waals surface area contributed by atoms with Crippen molar-refractivity contribution in [2.24, 2.45) is 5.73 Å². The van der Waals surface area contributed by atoms with Crippen LogP contribution in [0.25, 0.3) is 0 Å². The quantitative estimate of drug-likeness (QED) is 0.734. The maximum atomic E-state index is 12.9. The molecule has 0 aliphatic carbocycles. The fraction of sp³-hybridized carbons (Fsp3) is 0.250. The van der Waals surface area contributed by atoms with Crippen LogP contribution in [0, 0.1) is 5.82 Å². The van der Waals surface area contributed by atoms with Crippen LogP contribution in [0.5, 0.6) is 0 Å².